The SMILES string of the molecule is CS(=O)(=O)c1cccc(C(=O)c2ccc(Cl)s2)c1. The molecule has 0 radical (unpaired) electrons. The summed E-state index contributed by atoms with van der Waals surface area (Å²) in [7, 11) is -3.31. The minimum absolute atomic E-state index is 0.135. The average molecular weight is 301 g/mol. The molecule has 0 aliphatic rings. The van der Waals surface area contributed by atoms with Gasteiger partial charge in [0, 0.05) is 11.8 Å². The number of hydrogen-bond donors (Lipinski definition) is 0. The molecule has 0 fully saturated rings. The first-order chi connectivity index (χ1) is 8.38. The van der Waals surface area contributed by atoms with Crippen molar-refractivity contribution in [1.82, 2.24) is 0 Å². The summed E-state index contributed by atoms with van der Waals surface area (Å²) < 4.78 is 23.4. The highest BCUT2D eigenvalue weighted by Gasteiger charge is 2.14. The Hall–Kier alpha value is -1.17. The van der Waals surface area contributed by atoms with Crippen LogP contribution in [0.2, 0.25) is 4.34 Å². The van der Waals surface area contributed by atoms with Gasteiger partial charge in [0.25, 0.3) is 0 Å². The topological polar surface area (TPSA) is 51.2 Å². The van der Waals surface area contributed by atoms with Gasteiger partial charge in [-0.15, -0.1) is 11.3 Å². The van der Waals surface area contributed by atoms with Crippen LogP contribution in [-0.4, -0.2) is 20.5 Å². The Bertz CT molecular complexity index is 702. The summed E-state index contributed by atoms with van der Waals surface area (Å²) in [4.78, 5) is 12.7. The molecule has 0 spiro atoms. The molecular weight excluding hydrogens is 292 g/mol. The molecule has 6 heteroatoms. The van der Waals surface area contributed by atoms with E-state index in [-0.39, 0.29) is 10.7 Å². The highest BCUT2D eigenvalue weighted by atomic mass is 35.5. The van der Waals surface area contributed by atoms with Gasteiger partial charge in [-0.3, -0.25) is 4.79 Å². The Kier molecular flexibility index (Phi) is 3.56. The van der Waals surface area contributed by atoms with Gasteiger partial charge in [0.05, 0.1) is 14.1 Å². The summed E-state index contributed by atoms with van der Waals surface area (Å²) in [6.45, 7) is 0. The van der Waals surface area contributed by atoms with Crippen molar-refractivity contribution in [2.75, 3.05) is 6.26 Å². The van der Waals surface area contributed by atoms with Crippen molar-refractivity contribution in [3.63, 3.8) is 0 Å². The zero-order valence-corrected chi connectivity index (χ0v) is 11.8. The smallest absolute Gasteiger partial charge is 0.203 e. The van der Waals surface area contributed by atoms with Gasteiger partial charge in [-0.1, -0.05) is 23.7 Å². The lowest BCUT2D eigenvalue weighted by atomic mass is 10.1. The van der Waals surface area contributed by atoms with Gasteiger partial charge < -0.3 is 0 Å². The summed E-state index contributed by atoms with van der Waals surface area (Å²) in [6.07, 6.45) is 1.11. The molecule has 0 aliphatic carbocycles. The fourth-order valence-electron chi connectivity index (χ4n) is 1.45. The van der Waals surface area contributed by atoms with Crippen LogP contribution < -0.4 is 0 Å². The lowest BCUT2D eigenvalue weighted by molar-refractivity contribution is 0.104. The molecule has 18 heavy (non-hydrogen) atoms. The lowest BCUT2D eigenvalue weighted by Crippen LogP contribution is -2.02. The molecule has 0 aliphatic heterocycles. The van der Waals surface area contributed by atoms with Crippen molar-refractivity contribution in [3.05, 3.63) is 51.2 Å². The van der Waals surface area contributed by atoms with Gasteiger partial charge >= 0.3 is 0 Å². The predicted molar refractivity (Wildman–Crippen MR) is 72.3 cm³/mol. The van der Waals surface area contributed by atoms with Crippen LogP contribution in [0.25, 0.3) is 0 Å². The quantitative estimate of drug-likeness (QED) is 0.819. The third kappa shape index (κ3) is 2.80. The number of ketones is 1. The van der Waals surface area contributed by atoms with E-state index >= 15 is 0 Å². The van der Waals surface area contributed by atoms with Crippen LogP contribution >= 0.6 is 22.9 Å². The van der Waals surface area contributed by atoms with E-state index in [4.69, 9.17) is 11.6 Å². The number of sulfone groups is 1. The molecule has 1 heterocycles. The highest BCUT2D eigenvalue weighted by molar-refractivity contribution is 7.90. The zero-order valence-electron chi connectivity index (χ0n) is 9.38. The minimum atomic E-state index is -3.31. The van der Waals surface area contributed by atoms with Gasteiger partial charge in [-0.25, -0.2) is 8.42 Å². The van der Waals surface area contributed by atoms with Crippen molar-refractivity contribution >= 4 is 38.6 Å². The molecule has 0 saturated carbocycles. The van der Waals surface area contributed by atoms with Gasteiger partial charge in [0.15, 0.2) is 9.84 Å². The first-order valence-corrected chi connectivity index (χ1v) is 8.06. The Morgan fingerprint density at radius 1 is 1.22 bits per heavy atom. The number of hydrogen-bond acceptors (Lipinski definition) is 4. The fraction of sp³-hybridized carbons (Fsp3) is 0.0833. The number of halogens is 1. The maximum Gasteiger partial charge on any atom is 0.203 e. The Morgan fingerprint density at radius 3 is 2.50 bits per heavy atom. The zero-order chi connectivity index (χ0) is 13.3. The van der Waals surface area contributed by atoms with E-state index in [1.54, 1.807) is 24.3 Å². The Morgan fingerprint density at radius 2 is 1.94 bits per heavy atom. The van der Waals surface area contributed by atoms with Crippen LogP contribution in [0.5, 0.6) is 0 Å². The number of rotatable bonds is 3. The van der Waals surface area contributed by atoms with E-state index in [9.17, 15) is 13.2 Å². The summed E-state index contributed by atoms with van der Waals surface area (Å²) in [5.41, 5.74) is 0.344. The molecule has 0 atom stereocenters. The summed E-state index contributed by atoms with van der Waals surface area (Å²) >= 11 is 6.94. The van der Waals surface area contributed by atoms with E-state index in [0.717, 1.165) is 6.26 Å². The van der Waals surface area contributed by atoms with Gasteiger partial charge in [0.1, 0.15) is 0 Å². The molecule has 0 saturated heterocycles. The number of carbonyl (C=O) groups is 1. The summed E-state index contributed by atoms with van der Waals surface area (Å²) in [5, 5.41) is 0. The van der Waals surface area contributed by atoms with Crippen molar-refractivity contribution in [1.29, 1.82) is 0 Å². The van der Waals surface area contributed by atoms with Gasteiger partial charge in [-0.2, -0.15) is 0 Å². The Labute approximate surface area is 114 Å². The van der Waals surface area contributed by atoms with Gasteiger partial charge in [0.2, 0.25) is 5.78 Å². The van der Waals surface area contributed by atoms with Crippen LogP contribution in [0, 0.1) is 0 Å². The predicted octanol–water partition coefficient (Wildman–Crippen LogP) is 3.04. The van der Waals surface area contributed by atoms with Crippen LogP contribution in [0.4, 0.5) is 0 Å². The normalized spacial score (nSPS) is 11.4. The first kappa shape index (κ1) is 13.3. The molecule has 2 rings (SSSR count). The third-order valence-corrected chi connectivity index (χ3v) is 4.66. The van der Waals surface area contributed by atoms with Gasteiger partial charge in [-0.05, 0) is 24.3 Å². The molecule has 0 amide bonds. The molecule has 2 aromatic rings. The monoisotopic (exact) mass is 300 g/mol. The molecule has 1 aromatic heterocycles. The van der Waals surface area contributed by atoms with E-state index in [1.807, 2.05) is 0 Å². The van der Waals surface area contributed by atoms with Crippen LogP contribution in [0.15, 0.2) is 41.3 Å². The maximum atomic E-state index is 12.1. The van der Waals surface area contributed by atoms with Crippen molar-refractivity contribution in [3.8, 4) is 0 Å². The molecule has 1 aromatic carbocycles. The van der Waals surface area contributed by atoms with E-state index in [0.29, 0.717) is 14.8 Å². The third-order valence-electron chi connectivity index (χ3n) is 2.32. The first-order valence-electron chi connectivity index (χ1n) is 4.98. The summed E-state index contributed by atoms with van der Waals surface area (Å²) in [5.74, 6) is -0.225. The average Bonchev–Trinajstić information content (AvgIpc) is 2.74. The fourth-order valence-corrected chi connectivity index (χ4v) is 3.12. The van der Waals surface area contributed by atoms with Crippen LogP contribution in [0.3, 0.4) is 0 Å². The minimum Gasteiger partial charge on any atom is -0.288 e. The second kappa shape index (κ2) is 4.84. The van der Waals surface area contributed by atoms with Crippen molar-refractivity contribution in [2.24, 2.45) is 0 Å². The van der Waals surface area contributed by atoms with E-state index in [2.05, 4.69) is 0 Å². The molecule has 0 unspecified atom stereocenters. The van der Waals surface area contributed by atoms with Crippen LogP contribution in [0.1, 0.15) is 15.2 Å². The molecule has 0 bridgehead atoms. The standard InChI is InChI=1S/C12H9ClO3S2/c1-18(15,16)9-4-2-3-8(7-9)12(14)10-5-6-11(13)17-10/h2-7H,1H3. The molecule has 0 N–H and O–H groups in total. The number of carbonyl (C=O) groups excluding carboxylic acids is 1. The van der Waals surface area contributed by atoms with E-state index in [1.165, 1.54) is 23.5 Å². The second-order valence-corrected chi connectivity index (χ2v) is 7.46. The maximum absolute atomic E-state index is 12.1. The largest absolute Gasteiger partial charge is 0.288 e. The summed E-state index contributed by atoms with van der Waals surface area (Å²) in [6, 6.07) is 9.25. The second-order valence-electron chi connectivity index (χ2n) is 3.73. The van der Waals surface area contributed by atoms with Crippen LogP contribution in [-0.2, 0) is 9.84 Å². The lowest BCUT2D eigenvalue weighted by Gasteiger charge is -2.01. The number of benzene rings is 1. The molecular formula is C12H9ClO3S2. The number of thiophene rings is 1. The Balaban J connectivity index is 2.43. The highest BCUT2D eigenvalue weighted by Crippen LogP contribution is 2.24. The molecule has 94 valence electrons. The van der Waals surface area contributed by atoms with E-state index < -0.39 is 9.84 Å². The molecule has 3 nitrogen and oxygen atoms in total. The van der Waals surface area contributed by atoms with Crippen molar-refractivity contribution in [2.45, 2.75) is 4.90 Å². The van der Waals surface area contributed by atoms with Crippen molar-refractivity contribution < 1.29 is 13.2 Å².